The molecule has 4 rings (SSSR count). The molecule has 2 heterocycles. The second-order valence-corrected chi connectivity index (χ2v) is 5.64. The van der Waals surface area contributed by atoms with Crippen molar-refractivity contribution < 1.29 is 9.47 Å². The summed E-state index contributed by atoms with van der Waals surface area (Å²) in [5.41, 5.74) is 9.26. The lowest BCUT2D eigenvalue weighted by Crippen LogP contribution is -2.15. The Hall–Kier alpha value is -3.12. The van der Waals surface area contributed by atoms with Gasteiger partial charge >= 0.3 is 0 Å². The van der Waals surface area contributed by atoms with Gasteiger partial charge in [0.1, 0.15) is 19.0 Å². The molecule has 0 unspecified atom stereocenters. The van der Waals surface area contributed by atoms with Crippen molar-refractivity contribution in [3.05, 3.63) is 60.4 Å². The molecule has 0 fully saturated rings. The molecule has 0 saturated heterocycles. The maximum absolute atomic E-state index is 5.74. The molecule has 2 aromatic carbocycles. The summed E-state index contributed by atoms with van der Waals surface area (Å²) in [6.45, 7) is 1.63. The predicted molar refractivity (Wildman–Crippen MR) is 96.1 cm³/mol. The fourth-order valence-corrected chi connectivity index (χ4v) is 2.68. The normalized spacial score (nSPS) is 12.7. The highest BCUT2D eigenvalue weighted by Gasteiger charge is 2.17. The zero-order valence-electron chi connectivity index (χ0n) is 13.6. The summed E-state index contributed by atoms with van der Waals surface area (Å²) in [7, 11) is 0. The predicted octanol–water partition coefficient (Wildman–Crippen LogP) is 3.12. The summed E-state index contributed by atoms with van der Waals surface area (Å²) in [5.74, 6) is 2.14. The number of nitrogens with one attached hydrogen (secondary N) is 1. The molecule has 1 aromatic heterocycles. The van der Waals surface area contributed by atoms with Crippen LogP contribution in [0.3, 0.4) is 0 Å². The summed E-state index contributed by atoms with van der Waals surface area (Å²) in [5, 5.41) is 3.23. The van der Waals surface area contributed by atoms with E-state index in [0.29, 0.717) is 25.6 Å². The standard InChI is InChI=1S/C19H18N4O2/c20-10-13-4-6-14(7-5-13)23-18-12-21-16(11-22-18)15-2-1-3-17-19(15)25-9-8-24-17/h1-7,11-12H,8-10,20H2,(H,22,23). The van der Waals surface area contributed by atoms with Gasteiger partial charge in [-0.1, -0.05) is 18.2 Å². The molecular formula is C19H18N4O2. The number of benzene rings is 2. The number of rotatable bonds is 4. The van der Waals surface area contributed by atoms with Crippen LogP contribution in [-0.2, 0) is 6.54 Å². The lowest BCUT2D eigenvalue weighted by Gasteiger charge is -2.20. The number of hydrogen-bond donors (Lipinski definition) is 2. The van der Waals surface area contributed by atoms with E-state index in [2.05, 4.69) is 15.3 Å². The van der Waals surface area contributed by atoms with Crippen LogP contribution in [0, 0.1) is 0 Å². The van der Waals surface area contributed by atoms with Gasteiger partial charge in [0, 0.05) is 17.8 Å². The summed E-state index contributed by atoms with van der Waals surface area (Å²) in [6, 6.07) is 13.7. The molecule has 0 atom stereocenters. The smallest absolute Gasteiger partial charge is 0.170 e. The molecule has 0 amide bonds. The van der Waals surface area contributed by atoms with Crippen molar-refractivity contribution in [2.75, 3.05) is 18.5 Å². The number of nitrogens with two attached hydrogens (primary N) is 1. The third-order valence-electron chi connectivity index (χ3n) is 3.96. The van der Waals surface area contributed by atoms with Crippen molar-refractivity contribution >= 4 is 11.5 Å². The van der Waals surface area contributed by atoms with E-state index >= 15 is 0 Å². The molecule has 6 heteroatoms. The van der Waals surface area contributed by atoms with E-state index in [-0.39, 0.29) is 0 Å². The minimum Gasteiger partial charge on any atom is -0.486 e. The SMILES string of the molecule is NCc1ccc(Nc2cnc(-c3cccc4c3OCCO4)cn2)cc1. The van der Waals surface area contributed by atoms with E-state index in [1.165, 1.54) is 0 Å². The molecule has 126 valence electrons. The highest BCUT2D eigenvalue weighted by Crippen LogP contribution is 2.38. The molecule has 1 aliphatic rings. The van der Waals surface area contributed by atoms with Gasteiger partial charge in [-0.3, -0.25) is 4.98 Å². The zero-order valence-corrected chi connectivity index (χ0v) is 13.6. The third kappa shape index (κ3) is 3.25. The topological polar surface area (TPSA) is 82.3 Å². The molecule has 0 radical (unpaired) electrons. The van der Waals surface area contributed by atoms with Crippen LogP contribution in [0.5, 0.6) is 11.5 Å². The van der Waals surface area contributed by atoms with Crippen LogP contribution in [0.4, 0.5) is 11.5 Å². The van der Waals surface area contributed by atoms with E-state index in [1.54, 1.807) is 12.4 Å². The van der Waals surface area contributed by atoms with Gasteiger partial charge < -0.3 is 20.5 Å². The van der Waals surface area contributed by atoms with Crippen LogP contribution in [0.2, 0.25) is 0 Å². The van der Waals surface area contributed by atoms with Crippen LogP contribution < -0.4 is 20.5 Å². The molecule has 0 bridgehead atoms. The Balaban J connectivity index is 1.56. The molecule has 3 aromatic rings. The highest BCUT2D eigenvalue weighted by atomic mass is 16.6. The van der Waals surface area contributed by atoms with E-state index in [1.807, 2.05) is 42.5 Å². The Bertz CT molecular complexity index is 864. The molecule has 0 spiro atoms. The number of anilines is 2. The summed E-state index contributed by atoms with van der Waals surface area (Å²) < 4.78 is 11.4. The molecule has 25 heavy (non-hydrogen) atoms. The lowest BCUT2D eigenvalue weighted by molar-refractivity contribution is 0.172. The maximum atomic E-state index is 5.74. The minimum absolute atomic E-state index is 0.530. The Morgan fingerprint density at radius 2 is 1.80 bits per heavy atom. The first kappa shape index (κ1) is 15.4. The van der Waals surface area contributed by atoms with Crippen LogP contribution in [0.1, 0.15) is 5.56 Å². The Morgan fingerprint density at radius 3 is 2.56 bits per heavy atom. The molecule has 6 nitrogen and oxygen atoms in total. The summed E-state index contributed by atoms with van der Waals surface area (Å²) in [4.78, 5) is 8.95. The summed E-state index contributed by atoms with van der Waals surface area (Å²) >= 11 is 0. The van der Waals surface area contributed by atoms with Crippen molar-refractivity contribution in [2.24, 2.45) is 5.73 Å². The van der Waals surface area contributed by atoms with E-state index < -0.39 is 0 Å². The highest BCUT2D eigenvalue weighted by molar-refractivity contribution is 5.71. The van der Waals surface area contributed by atoms with Crippen LogP contribution in [0.25, 0.3) is 11.3 Å². The van der Waals surface area contributed by atoms with Crippen molar-refractivity contribution in [2.45, 2.75) is 6.54 Å². The number of para-hydroxylation sites is 1. The van der Waals surface area contributed by atoms with Gasteiger partial charge in [0.05, 0.1) is 18.1 Å². The van der Waals surface area contributed by atoms with Gasteiger partial charge in [0.2, 0.25) is 0 Å². The molecule has 0 saturated carbocycles. The van der Waals surface area contributed by atoms with E-state index in [4.69, 9.17) is 15.2 Å². The average molecular weight is 334 g/mol. The largest absolute Gasteiger partial charge is 0.486 e. The van der Waals surface area contributed by atoms with Gasteiger partial charge in [-0.25, -0.2) is 4.98 Å². The molecule has 3 N–H and O–H groups in total. The lowest BCUT2D eigenvalue weighted by atomic mass is 10.1. The molecule has 0 aliphatic carbocycles. The fraction of sp³-hybridized carbons (Fsp3) is 0.158. The number of ether oxygens (including phenoxy) is 2. The first-order chi connectivity index (χ1) is 12.3. The van der Waals surface area contributed by atoms with Gasteiger partial charge in [-0.2, -0.15) is 0 Å². The van der Waals surface area contributed by atoms with Crippen molar-refractivity contribution in [1.82, 2.24) is 9.97 Å². The van der Waals surface area contributed by atoms with Gasteiger partial charge in [0.15, 0.2) is 11.5 Å². The first-order valence-corrected chi connectivity index (χ1v) is 8.10. The molecular weight excluding hydrogens is 316 g/mol. The Kier molecular flexibility index (Phi) is 4.18. The molecule has 1 aliphatic heterocycles. The van der Waals surface area contributed by atoms with E-state index in [0.717, 1.165) is 34.0 Å². The number of aromatic nitrogens is 2. The minimum atomic E-state index is 0.530. The Morgan fingerprint density at radius 1 is 0.960 bits per heavy atom. The van der Waals surface area contributed by atoms with Crippen LogP contribution >= 0.6 is 0 Å². The van der Waals surface area contributed by atoms with Crippen LogP contribution in [-0.4, -0.2) is 23.2 Å². The second kappa shape index (κ2) is 6.78. The first-order valence-electron chi connectivity index (χ1n) is 8.10. The third-order valence-corrected chi connectivity index (χ3v) is 3.96. The quantitative estimate of drug-likeness (QED) is 0.763. The fourth-order valence-electron chi connectivity index (χ4n) is 2.68. The van der Waals surface area contributed by atoms with Crippen molar-refractivity contribution in [1.29, 1.82) is 0 Å². The van der Waals surface area contributed by atoms with Crippen LogP contribution in [0.15, 0.2) is 54.9 Å². The summed E-state index contributed by atoms with van der Waals surface area (Å²) in [6.07, 6.45) is 3.43. The van der Waals surface area contributed by atoms with Gasteiger partial charge in [0.25, 0.3) is 0 Å². The van der Waals surface area contributed by atoms with E-state index in [9.17, 15) is 0 Å². The van der Waals surface area contributed by atoms with Gasteiger partial charge in [-0.05, 0) is 29.8 Å². The van der Waals surface area contributed by atoms with Crippen molar-refractivity contribution in [3.8, 4) is 22.8 Å². The monoisotopic (exact) mass is 334 g/mol. The zero-order chi connectivity index (χ0) is 17.1. The number of hydrogen-bond acceptors (Lipinski definition) is 6. The van der Waals surface area contributed by atoms with Crippen molar-refractivity contribution in [3.63, 3.8) is 0 Å². The number of fused-ring (bicyclic) bond motifs is 1. The van der Waals surface area contributed by atoms with Gasteiger partial charge in [-0.15, -0.1) is 0 Å². The number of nitrogens with zero attached hydrogens (tertiary/aromatic N) is 2. The maximum Gasteiger partial charge on any atom is 0.170 e. The Labute approximate surface area is 145 Å². The average Bonchev–Trinajstić information content (AvgIpc) is 2.69. The second-order valence-electron chi connectivity index (χ2n) is 5.64.